The van der Waals surface area contributed by atoms with E-state index in [9.17, 15) is 4.79 Å². The smallest absolute Gasteiger partial charge is 0.132 e. The second-order valence-electron chi connectivity index (χ2n) is 3.41. The lowest BCUT2D eigenvalue weighted by molar-refractivity contribution is -0.118. The quantitative estimate of drug-likeness (QED) is 0.671. The zero-order chi connectivity index (χ0) is 8.91. The van der Waals surface area contributed by atoms with Crippen LogP contribution in [-0.2, 0) is 4.79 Å². The fourth-order valence-corrected chi connectivity index (χ4v) is 0.982. The lowest BCUT2D eigenvalue weighted by atomic mass is 9.99. The predicted molar refractivity (Wildman–Crippen MR) is 47.3 cm³/mol. The molecule has 0 unspecified atom stereocenters. The molecular formula is C9H17NO. The normalized spacial score (nSPS) is 12.0. The van der Waals surface area contributed by atoms with Crippen LogP contribution >= 0.6 is 0 Å². The van der Waals surface area contributed by atoms with Gasteiger partial charge in [0.1, 0.15) is 5.78 Å². The number of Topliss-reactive ketones (excluding diaryl/α,β-unsaturated/α-hetero) is 1. The number of nitrogens with one attached hydrogen (secondary N) is 1. The highest BCUT2D eigenvalue weighted by atomic mass is 16.1. The van der Waals surface area contributed by atoms with Gasteiger partial charge in [-0.3, -0.25) is 4.79 Å². The van der Waals surface area contributed by atoms with Crippen molar-refractivity contribution >= 4 is 5.78 Å². The summed E-state index contributed by atoms with van der Waals surface area (Å²) in [5.41, 5.74) is -0.113. The second kappa shape index (κ2) is 4.16. The summed E-state index contributed by atoms with van der Waals surface area (Å²) in [6.07, 6.45) is 4.35. The molecule has 0 saturated carbocycles. The zero-order valence-electron chi connectivity index (χ0n) is 7.77. The number of hydrogen-bond acceptors (Lipinski definition) is 2. The molecule has 0 aromatic heterocycles. The van der Waals surface area contributed by atoms with E-state index in [2.05, 4.69) is 5.32 Å². The first kappa shape index (κ1) is 10.2. The zero-order valence-corrected chi connectivity index (χ0v) is 7.77. The van der Waals surface area contributed by atoms with Crippen LogP contribution in [0.4, 0.5) is 0 Å². The van der Waals surface area contributed by atoms with Gasteiger partial charge in [-0.05, 0) is 33.9 Å². The van der Waals surface area contributed by atoms with Crippen LogP contribution in [-0.4, -0.2) is 11.3 Å². The van der Waals surface area contributed by atoms with Gasteiger partial charge in [-0.1, -0.05) is 6.08 Å². The predicted octanol–water partition coefficient (Wildman–Crippen LogP) is 1.87. The monoisotopic (exact) mass is 155 g/mol. The summed E-state index contributed by atoms with van der Waals surface area (Å²) in [6, 6.07) is 0. The molecule has 0 aliphatic rings. The third-order valence-corrected chi connectivity index (χ3v) is 1.33. The van der Waals surface area contributed by atoms with Gasteiger partial charge in [-0.25, -0.2) is 0 Å². The average Bonchev–Trinajstić information content (AvgIpc) is 1.81. The topological polar surface area (TPSA) is 29.1 Å². The summed E-state index contributed by atoms with van der Waals surface area (Å²) in [6.45, 7) is 7.57. The fraction of sp³-hybridized carbons (Fsp3) is 0.667. The first-order valence-corrected chi connectivity index (χ1v) is 3.86. The van der Waals surface area contributed by atoms with Gasteiger partial charge in [-0.2, -0.15) is 0 Å². The van der Waals surface area contributed by atoms with E-state index in [1.54, 1.807) is 6.92 Å². The molecular weight excluding hydrogens is 138 g/mol. The Labute approximate surface area is 68.7 Å². The SMILES string of the molecule is CC=CNC(C)(C)CC(C)=O. The van der Waals surface area contributed by atoms with E-state index in [1.165, 1.54) is 0 Å². The van der Waals surface area contributed by atoms with Crippen molar-refractivity contribution in [2.24, 2.45) is 0 Å². The van der Waals surface area contributed by atoms with Crippen LogP contribution in [0.2, 0.25) is 0 Å². The first-order chi connectivity index (χ1) is 4.98. The molecule has 11 heavy (non-hydrogen) atoms. The molecule has 0 heterocycles. The third kappa shape index (κ3) is 5.64. The van der Waals surface area contributed by atoms with Gasteiger partial charge >= 0.3 is 0 Å². The molecule has 0 amide bonds. The molecule has 0 aliphatic heterocycles. The van der Waals surface area contributed by atoms with Gasteiger partial charge in [0.05, 0.1) is 0 Å². The number of ketones is 1. The summed E-state index contributed by atoms with van der Waals surface area (Å²) in [5, 5.41) is 3.14. The highest BCUT2D eigenvalue weighted by Crippen LogP contribution is 2.07. The minimum absolute atomic E-state index is 0.113. The van der Waals surface area contributed by atoms with Gasteiger partial charge in [0.2, 0.25) is 0 Å². The number of carbonyl (C=O) groups excluding carboxylic acids is 1. The van der Waals surface area contributed by atoms with Crippen LogP contribution in [0, 0.1) is 0 Å². The number of rotatable bonds is 4. The van der Waals surface area contributed by atoms with Gasteiger partial charge < -0.3 is 5.32 Å². The average molecular weight is 155 g/mol. The number of hydrogen-bond donors (Lipinski definition) is 1. The minimum atomic E-state index is -0.113. The van der Waals surface area contributed by atoms with Gasteiger partial charge in [-0.15, -0.1) is 0 Å². The van der Waals surface area contributed by atoms with Gasteiger partial charge in [0, 0.05) is 12.0 Å². The van der Waals surface area contributed by atoms with E-state index in [1.807, 2.05) is 33.0 Å². The maximum atomic E-state index is 10.8. The van der Waals surface area contributed by atoms with E-state index >= 15 is 0 Å². The Morgan fingerprint density at radius 1 is 1.55 bits per heavy atom. The van der Waals surface area contributed by atoms with E-state index in [4.69, 9.17) is 0 Å². The molecule has 0 aliphatic carbocycles. The number of allylic oxidation sites excluding steroid dienone is 1. The number of carbonyl (C=O) groups is 1. The molecule has 0 saturated heterocycles. The van der Waals surface area contributed by atoms with Crippen molar-refractivity contribution in [3.05, 3.63) is 12.3 Å². The molecule has 0 aromatic rings. The van der Waals surface area contributed by atoms with Crippen molar-refractivity contribution in [1.29, 1.82) is 0 Å². The molecule has 1 N–H and O–H groups in total. The third-order valence-electron chi connectivity index (χ3n) is 1.33. The summed E-state index contributed by atoms with van der Waals surface area (Å²) in [5.74, 6) is 0.215. The Morgan fingerprint density at radius 2 is 2.09 bits per heavy atom. The van der Waals surface area contributed by atoms with Crippen LogP contribution < -0.4 is 5.32 Å². The largest absolute Gasteiger partial charge is 0.386 e. The summed E-state index contributed by atoms with van der Waals surface area (Å²) in [4.78, 5) is 10.8. The van der Waals surface area contributed by atoms with Crippen molar-refractivity contribution < 1.29 is 4.79 Å². The lowest BCUT2D eigenvalue weighted by Crippen LogP contribution is -2.37. The Bertz CT molecular complexity index is 159. The van der Waals surface area contributed by atoms with Crippen LogP contribution in [0.5, 0.6) is 0 Å². The summed E-state index contributed by atoms with van der Waals surface area (Å²) >= 11 is 0. The molecule has 0 atom stereocenters. The van der Waals surface area contributed by atoms with E-state index in [0.717, 1.165) is 0 Å². The molecule has 64 valence electrons. The summed E-state index contributed by atoms with van der Waals surface area (Å²) < 4.78 is 0. The van der Waals surface area contributed by atoms with Gasteiger partial charge in [0.25, 0.3) is 0 Å². The Kier molecular flexibility index (Phi) is 3.86. The molecule has 0 aromatic carbocycles. The molecule has 0 spiro atoms. The van der Waals surface area contributed by atoms with E-state index in [-0.39, 0.29) is 11.3 Å². The fourth-order valence-electron chi connectivity index (χ4n) is 0.982. The van der Waals surface area contributed by atoms with Crippen LogP contribution in [0.3, 0.4) is 0 Å². The second-order valence-corrected chi connectivity index (χ2v) is 3.41. The Hall–Kier alpha value is -0.790. The summed E-state index contributed by atoms with van der Waals surface area (Å²) in [7, 11) is 0. The van der Waals surface area contributed by atoms with Crippen LogP contribution in [0.15, 0.2) is 12.3 Å². The van der Waals surface area contributed by atoms with Crippen molar-refractivity contribution in [1.82, 2.24) is 5.32 Å². The maximum absolute atomic E-state index is 10.8. The van der Waals surface area contributed by atoms with Crippen molar-refractivity contribution in [3.8, 4) is 0 Å². The van der Waals surface area contributed by atoms with Crippen LogP contribution in [0.25, 0.3) is 0 Å². The van der Waals surface area contributed by atoms with Crippen LogP contribution in [0.1, 0.15) is 34.1 Å². The first-order valence-electron chi connectivity index (χ1n) is 3.86. The molecule has 2 heteroatoms. The molecule has 0 radical (unpaired) electrons. The van der Waals surface area contributed by atoms with Crippen molar-refractivity contribution in [2.75, 3.05) is 0 Å². The highest BCUT2D eigenvalue weighted by molar-refractivity contribution is 5.76. The molecule has 2 nitrogen and oxygen atoms in total. The minimum Gasteiger partial charge on any atom is -0.386 e. The molecule has 0 bridgehead atoms. The Morgan fingerprint density at radius 3 is 2.45 bits per heavy atom. The van der Waals surface area contributed by atoms with Crippen molar-refractivity contribution in [3.63, 3.8) is 0 Å². The maximum Gasteiger partial charge on any atom is 0.132 e. The highest BCUT2D eigenvalue weighted by Gasteiger charge is 2.16. The van der Waals surface area contributed by atoms with Crippen molar-refractivity contribution in [2.45, 2.75) is 39.7 Å². The Balaban J connectivity index is 3.89. The standard InChI is InChI=1S/C9H17NO/c1-5-6-10-9(3,4)7-8(2)11/h5-6,10H,7H2,1-4H3. The van der Waals surface area contributed by atoms with Gasteiger partial charge in [0.15, 0.2) is 0 Å². The van der Waals surface area contributed by atoms with E-state index in [0.29, 0.717) is 6.42 Å². The lowest BCUT2D eigenvalue weighted by Gasteiger charge is -2.23. The van der Waals surface area contributed by atoms with E-state index < -0.39 is 0 Å². The molecule has 0 rings (SSSR count). The molecule has 0 fully saturated rings.